The SMILES string of the molecule is CCCCCCCCCC(O)C(C)CCOC. The second-order valence-corrected chi connectivity index (χ2v) is 5.24. The third-order valence-electron chi connectivity index (χ3n) is 3.54. The van der Waals surface area contributed by atoms with Gasteiger partial charge in [0.05, 0.1) is 6.10 Å². The summed E-state index contributed by atoms with van der Waals surface area (Å²) in [6, 6.07) is 0. The van der Waals surface area contributed by atoms with Gasteiger partial charge in [-0.05, 0) is 18.8 Å². The van der Waals surface area contributed by atoms with Crippen molar-refractivity contribution in [2.24, 2.45) is 5.92 Å². The van der Waals surface area contributed by atoms with Crippen LogP contribution in [0.2, 0.25) is 0 Å². The molecule has 0 radical (unpaired) electrons. The lowest BCUT2D eigenvalue weighted by Crippen LogP contribution is -2.18. The molecule has 0 bridgehead atoms. The minimum atomic E-state index is -0.138. The molecule has 1 N–H and O–H groups in total. The van der Waals surface area contributed by atoms with Gasteiger partial charge < -0.3 is 9.84 Å². The number of hydrogen-bond acceptors (Lipinski definition) is 2. The van der Waals surface area contributed by atoms with Crippen LogP contribution < -0.4 is 0 Å². The second kappa shape index (κ2) is 12.4. The molecule has 0 aromatic rings. The van der Waals surface area contributed by atoms with Gasteiger partial charge >= 0.3 is 0 Å². The fourth-order valence-corrected chi connectivity index (χ4v) is 2.09. The first-order chi connectivity index (χ1) is 8.22. The molecule has 0 spiro atoms. The average Bonchev–Trinajstić information content (AvgIpc) is 2.34. The van der Waals surface area contributed by atoms with Crippen LogP contribution in [0.1, 0.15) is 71.6 Å². The molecule has 0 aromatic heterocycles. The molecule has 2 nitrogen and oxygen atoms in total. The van der Waals surface area contributed by atoms with Gasteiger partial charge in [-0.3, -0.25) is 0 Å². The molecule has 0 amide bonds. The van der Waals surface area contributed by atoms with E-state index >= 15 is 0 Å². The summed E-state index contributed by atoms with van der Waals surface area (Å²) in [4.78, 5) is 0. The Labute approximate surface area is 108 Å². The van der Waals surface area contributed by atoms with Crippen LogP contribution in [0.15, 0.2) is 0 Å². The summed E-state index contributed by atoms with van der Waals surface area (Å²) in [6.07, 6.45) is 11.0. The molecule has 17 heavy (non-hydrogen) atoms. The first-order valence-corrected chi connectivity index (χ1v) is 7.39. The number of rotatable bonds is 12. The molecule has 0 saturated carbocycles. The highest BCUT2D eigenvalue weighted by Gasteiger charge is 2.13. The Balaban J connectivity index is 3.28. The van der Waals surface area contributed by atoms with E-state index in [1.165, 1.54) is 44.9 Å². The third kappa shape index (κ3) is 10.8. The van der Waals surface area contributed by atoms with Gasteiger partial charge in [-0.15, -0.1) is 0 Å². The van der Waals surface area contributed by atoms with Gasteiger partial charge in [0.25, 0.3) is 0 Å². The fraction of sp³-hybridized carbons (Fsp3) is 1.00. The van der Waals surface area contributed by atoms with E-state index in [-0.39, 0.29) is 6.10 Å². The summed E-state index contributed by atoms with van der Waals surface area (Å²) in [6.45, 7) is 5.12. The summed E-state index contributed by atoms with van der Waals surface area (Å²) >= 11 is 0. The summed E-state index contributed by atoms with van der Waals surface area (Å²) in [5, 5.41) is 9.93. The second-order valence-electron chi connectivity index (χ2n) is 5.24. The maximum absolute atomic E-state index is 9.93. The minimum absolute atomic E-state index is 0.138. The predicted octanol–water partition coefficient (Wildman–Crippen LogP) is 4.16. The van der Waals surface area contributed by atoms with Gasteiger partial charge in [-0.25, -0.2) is 0 Å². The largest absolute Gasteiger partial charge is 0.393 e. The number of methoxy groups -OCH3 is 1. The van der Waals surface area contributed by atoms with Crippen molar-refractivity contribution < 1.29 is 9.84 Å². The van der Waals surface area contributed by atoms with Crippen LogP contribution in [-0.2, 0) is 4.74 Å². The number of aliphatic hydroxyl groups excluding tert-OH is 1. The van der Waals surface area contributed by atoms with Gasteiger partial charge in [-0.1, -0.05) is 58.8 Å². The number of hydrogen-bond donors (Lipinski definition) is 1. The van der Waals surface area contributed by atoms with Crippen LogP contribution in [0.25, 0.3) is 0 Å². The molecule has 0 aliphatic carbocycles. The van der Waals surface area contributed by atoms with E-state index in [0.29, 0.717) is 5.92 Å². The van der Waals surface area contributed by atoms with E-state index in [2.05, 4.69) is 13.8 Å². The normalized spacial score (nSPS) is 14.8. The molecule has 2 atom stereocenters. The number of ether oxygens (including phenoxy) is 1. The molecule has 104 valence electrons. The summed E-state index contributed by atoms with van der Waals surface area (Å²) in [7, 11) is 1.72. The lowest BCUT2D eigenvalue weighted by atomic mass is 9.96. The molecule has 2 unspecified atom stereocenters. The Morgan fingerprint density at radius 2 is 1.53 bits per heavy atom. The van der Waals surface area contributed by atoms with Crippen molar-refractivity contribution in [1.29, 1.82) is 0 Å². The fourth-order valence-electron chi connectivity index (χ4n) is 2.09. The van der Waals surface area contributed by atoms with E-state index in [4.69, 9.17) is 4.74 Å². The van der Waals surface area contributed by atoms with E-state index in [1.54, 1.807) is 7.11 Å². The van der Waals surface area contributed by atoms with Crippen LogP contribution in [-0.4, -0.2) is 24.9 Å². The molecule has 0 aromatic carbocycles. The highest BCUT2D eigenvalue weighted by atomic mass is 16.5. The molecule has 0 rings (SSSR count). The Bertz CT molecular complexity index is 148. The van der Waals surface area contributed by atoms with E-state index in [1.807, 2.05) is 0 Å². The van der Waals surface area contributed by atoms with Gasteiger partial charge in [0.15, 0.2) is 0 Å². The van der Waals surface area contributed by atoms with Crippen molar-refractivity contribution >= 4 is 0 Å². The zero-order valence-electron chi connectivity index (χ0n) is 12.1. The topological polar surface area (TPSA) is 29.5 Å². The number of unbranched alkanes of at least 4 members (excludes halogenated alkanes) is 6. The highest BCUT2D eigenvalue weighted by Crippen LogP contribution is 2.16. The van der Waals surface area contributed by atoms with Gasteiger partial charge in [0, 0.05) is 13.7 Å². The minimum Gasteiger partial charge on any atom is -0.393 e. The van der Waals surface area contributed by atoms with E-state index in [9.17, 15) is 5.11 Å². The molecule has 0 saturated heterocycles. The maximum atomic E-state index is 9.93. The van der Waals surface area contributed by atoms with E-state index < -0.39 is 0 Å². The lowest BCUT2D eigenvalue weighted by Gasteiger charge is -2.18. The monoisotopic (exact) mass is 244 g/mol. The Morgan fingerprint density at radius 3 is 2.12 bits per heavy atom. The van der Waals surface area contributed by atoms with Crippen LogP contribution in [0.3, 0.4) is 0 Å². The third-order valence-corrected chi connectivity index (χ3v) is 3.54. The van der Waals surface area contributed by atoms with Crippen molar-refractivity contribution in [3.05, 3.63) is 0 Å². The molecular weight excluding hydrogens is 212 g/mol. The van der Waals surface area contributed by atoms with Crippen molar-refractivity contribution in [2.75, 3.05) is 13.7 Å². The average molecular weight is 244 g/mol. The number of aliphatic hydroxyl groups is 1. The molecule has 2 heteroatoms. The first-order valence-electron chi connectivity index (χ1n) is 7.39. The lowest BCUT2D eigenvalue weighted by molar-refractivity contribution is 0.0798. The Kier molecular flexibility index (Phi) is 12.3. The van der Waals surface area contributed by atoms with Crippen LogP contribution in [0, 0.1) is 5.92 Å². The summed E-state index contributed by atoms with van der Waals surface area (Å²) < 4.78 is 5.03. The predicted molar refractivity (Wildman–Crippen MR) is 74.3 cm³/mol. The molecular formula is C15H32O2. The standard InChI is InChI=1S/C15H32O2/c1-4-5-6-7-8-9-10-11-15(16)14(2)12-13-17-3/h14-16H,4-13H2,1-3H3. The highest BCUT2D eigenvalue weighted by molar-refractivity contribution is 4.64. The first kappa shape index (κ1) is 16.9. The quantitative estimate of drug-likeness (QED) is 0.522. The van der Waals surface area contributed by atoms with E-state index in [0.717, 1.165) is 19.4 Å². The zero-order valence-corrected chi connectivity index (χ0v) is 12.1. The molecule has 0 heterocycles. The molecule has 0 aliphatic heterocycles. The van der Waals surface area contributed by atoms with Gasteiger partial charge in [0.2, 0.25) is 0 Å². The van der Waals surface area contributed by atoms with Crippen LogP contribution in [0.4, 0.5) is 0 Å². The van der Waals surface area contributed by atoms with Crippen molar-refractivity contribution in [3.63, 3.8) is 0 Å². The van der Waals surface area contributed by atoms with Crippen LogP contribution in [0.5, 0.6) is 0 Å². The van der Waals surface area contributed by atoms with Crippen molar-refractivity contribution in [2.45, 2.75) is 77.7 Å². The summed E-state index contributed by atoms with van der Waals surface area (Å²) in [5.41, 5.74) is 0. The van der Waals surface area contributed by atoms with Gasteiger partial charge in [-0.2, -0.15) is 0 Å². The smallest absolute Gasteiger partial charge is 0.0566 e. The molecule has 0 fully saturated rings. The Morgan fingerprint density at radius 1 is 0.941 bits per heavy atom. The zero-order chi connectivity index (χ0) is 12.9. The maximum Gasteiger partial charge on any atom is 0.0566 e. The Hall–Kier alpha value is -0.0800. The van der Waals surface area contributed by atoms with Crippen molar-refractivity contribution in [3.8, 4) is 0 Å². The molecule has 0 aliphatic rings. The summed E-state index contributed by atoms with van der Waals surface area (Å²) in [5.74, 6) is 0.370. The van der Waals surface area contributed by atoms with Crippen molar-refractivity contribution in [1.82, 2.24) is 0 Å². The van der Waals surface area contributed by atoms with Crippen LogP contribution >= 0.6 is 0 Å². The van der Waals surface area contributed by atoms with Gasteiger partial charge in [0.1, 0.15) is 0 Å².